The van der Waals surface area contributed by atoms with Crippen LogP contribution in [0.25, 0.3) is 0 Å². The molecule has 0 aliphatic heterocycles. The Morgan fingerprint density at radius 3 is 2.65 bits per heavy atom. The number of pyridine rings is 1. The average molecular weight is 278 g/mol. The molecule has 1 aromatic rings. The highest BCUT2D eigenvalue weighted by atomic mass is 35.5. The Morgan fingerprint density at radius 1 is 1.53 bits per heavy atom. The molecule has 0 unspecified atom stereocenters. The Labute approximate surface area is 107 Å². The first kappa shape index (κ1) is 14.4. The van der Waals surface area contributed by atoms with E-state index in [1.807, 2.05) is 0 Å². The molecule has 0 aliphatic rings. The van der Waals surface area contributed by atoms with Crippen LogP contribution in [-0.2, 0) is 15.8 Å². The van der Waals surface area contributed by atoms with E-state index in [1.54, 1.807) is 19.1 Å². The quantitative estimate of drug-likeness (QED) is 0.810. The molecule has 0 spiro atoms. The number of rotatable bonds is 5. The van der Waals surface area contributed by atoms with E-state index in [-0.39, 0.29) is 18.3 Å². The van der Waals surface area contributed by atoms with Gasteiger partial charge >= 0.3 is 0 Å². The Balaban J connectivity index is 2.83. The second-order valence-corrected chi connectivity index (χ2v) is 6.26. The lowest BCUT2D eigenvalue weighted by molar-refractivity contribution is 0.394. The summed E-state index contributed by atoms with van der Waals surface area (Å²) in [6, 6.07) is 2.99. The molecule has 5 nitrogen and oxygen atoms in total. The van der Waals surface area contributed by atoms with Crippen LogP contribution in [0.3, 0.4) is 0 Å². The Bertz CT molecular complexity index is 461. The SMILES string of the molecule is C[C@@H](CN)N(C)S(=O)(=O)Cc1ccc(Cl)nc1. The summed E-state index contributed by atoms with van der Waals surface area (Å²) in [6.45, 7) is 2.05. The van der Waals surface area contributed by atoms with Crippen molar-refractivity contribution in [3.63, 3.8) is 0 Å². The molecule has 1 aromatic heterocycles. The molecule has 1 atom stereocenters. The normalized spacial score (nSPS) is 13.9. The smallest absolute Gasteiger partial charge is 0.218 e. The fourth-order valence-corrected chi connectivity index (χ4v) is 2.77. The molecule has 1 heterocycles. The van der Waals surface area contributed by atoms with Crippen LogP contribution in [0.15, 0.2) is 18.3 Å². The van der Waals surface area contributed by atoms with Crippen molar-refractivity contribution in [1.29, 1.82) is 0 Å². The van der Waals surface area contributed by atoms with Crippen LogP contribution in [-0.4, -0.2) is 37.3 Å². The second kappa shape index (κ2) is 5.77. The highest BCUT2D eigenvalue weighted by Crippen LogP contribution is 2.12. The van der Waals surface area contributed by atoms with Gasteiger partial charge in [0.05, 0.1) is 5.75 Å². The summed E-state index contributed by atoms with van der Waals surface area (Å²) in [5, 5.41) is 0.342. The number of aromatic nitrogens is 1. The van der Waals surface area contributed by atoms with Crippen LogP contribution in [0.4, 0.5) is 0 Å². The highest BCUT2D eigenvalue weighted by Gasteiger charge is 2.22. The Morgan fingerprint density at radius 2 is 2.18 bits per heavy atom. The van der Waals surface area contributed by atoms with Gasteiger partial charge in [0.25, 0.3) is 0 Å². The van der Waals surface area contributed by atoms with Crippen molar-refractivity contribution < 1.29 is 8.42 Å². The van der Waals surface area contributed by atoms with Crippen molar-refractivity contribution in [3.8, 4) is 0 Å². The highest BCUT2D eigenvalue weighted by molar-refractivity contribution is 7.88. The first-order valence-corrected chi connectivity index (χ1v) is 7.11. The van der Waals surface area contributed by atoms with Crippen LogP contribution in [0.1, 0.15) is 12.5 Å². The van der Waals surface area contributed by atoms with Crippen LogP contribution >= 0.6 is 11.6 Å². The maximum atomic E-state index is 12.0. The molecule has 0 aromatic carbocycles. The maximum absolute atomic E-state index is 12.0. The molecule has 7 heteroatoms. The fraction of sp³-hybridized carbons (Fsp3) is 0.500. The molecule has 1 rings (SSSR count). The van der Waals surface area contributed by atoms with Crippen molar-refractivity contribution in [2.24, 2.45) is 5.73 Å². The number of hydrogen-bond donors (Lipinski definition) is 1. The van der Waals surface area contributed by atoms with E-state index in [9.17, 15) is 8.42 Å². The minimum absolute atomic E-state index is 0.0992. The average Bonchev–Trinajstić information content (AvgIpc) is 2.30. The fourth-order valence-electron chi connectivity index (χ4n) is 1.23. The summed E-state index contributed by atoms with van der Waals surface area (Å²) in [5.74, 6) is -0.0992. The summed E-state index contributed by atoms with van der Waals surface area (Å²) in [4.78, 5) is 3.85. The van der Waals surface area contributed by atoms with Gasteiger partial charge in [0, 0.05) is 25.8 Å². The Kier molecular flexibility index (Phi) is 4.88. The van der Waals surface area contributed by atoms with Crippen LogP contribution in [0.5, 0.6) is 0 Å². The molecule has 96 valence electrons. The van der Waals surface area contributed by atoms with Crippen LogP contribution in [0, 0.1) is 0 Å². The predicted molar refractivity (Wildman–Crippen MR) is 68.2 cm³/mol. The molecular formula is C10H16ClN3O2S. The van der Waals surface area contributed by atoms with Gasteiger partial charge in [-0.25, -0.2) is 17.7 Å². The van der Waals surface area contributed by atoms with Crippen molar-refractivity contribution in [3.05, 3.63) is 29.0 Å². The molecule has 0 saturated carbocycles. The van der Waals surface area contributed by atoms with Crippen molar-refractivity contribution in [2.45, 2.75) is 18.7 Å². The van der Waals surface area contributed by atoms with Gasteiger partial charge in [-0.05, 0) is 18.6 Å². The van der Waals surface area contributed by atoms with E-state index < -0.39 is 10.0 Å². The molecular weight excluding hydrogens is 262 g/mol. The van der Waals surface area contributed by atoms with Gasteiger partial charge in [-0.15, -0.1) is 0 Å². The zero-order valence-corrected chi connectivity index (χ0v) is 11.4. The van der Waals surface area contributed by atoms with Crippen molar-refractivity contribution in [2.75, 3.05) is 13.6 Å². The Hall–Kier alpha value is -0.690. The lowest BCUT2D eigenvalue weighted by Gasteiger charge is -2.22. The van der Waals surface area contributed by atoms with E-state index in [1.165, 1.54) is 17.5 Å². The van der Waals surface area contributed by atoms with E-state index in [0.29, 0.717) is 10.7 Å². The third kappa shape index (κ3) is 3.92. The monoisotopic (exact) mass is 277 g/mol. The molecule has 2 N–H and O–H groups in total. The lowest BCUT2D eigenvalue weighted by Crippen LogP contribution is -2.40. The van der Waals surface area contributed by atoms with E-state index in [0.717, 1.165) is 0 Å². The largest absolute Gasteiger partial charge is 0.329 e. The minimum atomic E-state index is -3.37. The summed E-state index contributed by atoms with van der Waals surface area (Å²) in [7, 11) is -1.84. The van der Waals surface area contributed by atoms with Gasteiger partial charge in [-0.3, -0.25) is 0 Å². The number of nitrogens with two attached hydrogens (primary N) is 1. The standard InChI is InChI=1S/C10H16ClN3O2S/c1-8(5-12)14(2)17(15,16)7-9-3-4-10(11)13-6-9/h3-4,6,8H,5,7,12H2,1-2H3/t8-/m0/s1. The summed E-state index contributed by atoms with van der Waals surface area (Å²) >= 11 is 5.63. The molecule has 0 bridgehead atoms. The van der Waals surface area contributed by atoms with E-state index >= 15 is 0 Å². The zero-order valence-electron chi connectivity index (χ0n) is 9.80. The van der Waals surface area contributed by atoms with Gasteiger partial charge in [0.1, 0.15) is 5.15 Å². The van der Waals surface area contributed by atoms with Crippen LogP contribution in [0.2, 0.25) is 5.15 Å². The zero-order chi connectivity index (χ0) is 13.1. The summed E-state index contributed by atoms with van der Waals surface area (Å²) in [6.07, 6.45) is 1.46. The van der Waals surface area contributed by atoms with Gasteiger partial charge in [-0.1, -0.05) is 17.7 Å². The lowest BCUT2D eigenvalue weighted by atomic mass is 10.3. The van der Waals surface area contributed by atoms with E-state index in [2.05, 4.69) is 4.98 Å². The molecule has 0 amide bonds. The van der Waals surface area contributed by atoms with Crippen LogP contribution < -0.4 is 5.73 Å². The van der Waals surface area contributed by atoms with Gasteiger partial charge in [0.2, 0.25) is 10.0 Å². The van der Waals surface area contributed by atoms with Gasteiger partial charge < -0.3 is 5.73 Å². The molecule has 0 aliphatic carbocycles. The van der Waals surface area contributed by atoms with Gasteiger partial charge in [0.15, 0.2) is 0 Å². The molecule has 17 heavy (non-hydrogen) atoms. The minimum Gasteiger partial charge on any atom is -0.329 e. The second-order valence-electron chi connectivity index (χ2n) is 3.85. The summed E-state index contributed by atoms with van der Waals surface area (Å²) in [5.41, 5.74) is 6.05. The third-order valence-electron chi connectivity index (χ3n) is 2.54. The number of likely N-dealkylation sites (N-methyl/N-ethyl adjacent to an activating group) is 1. The molecule has 0 saturated heterocycles. The van der Waals surface area contributed by atoms with Crippen molar-refractivity contribution >= 4 is 21.6 Å². The number of nitrogens with zero attached hydrogens (tertiary/aromatic N) is 2. The predicted octanol–water partition coefficient (Wildman–Crippen LogP) is 0.844. The van der Waals surface area contributed by atoms with Gasteiger partial charge in [-0.2, -0.15) is 0 Å². The summed E-state index contributed by atoms with van der Waals surface area (Å²) < 4.78 is 25.3. The van der Waals surface area contributed by atoms with Crippen molar-refractivity contribution in [1.82, 2.24) is 9.29 Å². The molecule has 0 radical (unpaired) electrons. The topological polar surface area (TPSA) is 76.3 Å². The third-order valence-corrected chi connectivity index (χ3v) is 4.70. The number of sulfonamides is 1. The number of hydrogen-bond acceptors (Lipinski definition) is 4. The molecule has 0 fully saturated rings. The first-order chi connectivity index (χ1) is 7.86. The maximum Gasteiger partial charge on any atom is 0.218 e. The van der Waals surface area contributed by atoms with E-state index in [4.69, 9.17) is 17.3 Å². The number of halogens is 1. The first-order valence-electron chi connectivity index (χ1n) is 5.13.